The zero-order chi connectivity index (χ0) is 14.3. The molecule has 0 radical (unpaired) electrons. The number of aliphatic imine (C=N–C) groups is 1. The van der Waals surface area contributed by atoms with E-state index in [9.17, 15) is 5.11 Å². The highest BCUT2D eigenvalue weighted by molar-refractivity contribution is 7.11. The van der Waals surface area contributed by atoms with Crippen molar-refractivity contribution in [3.8, 4) is 0 Å². The first kappa shape index (κ1) is 15.8. The minimum atomic E-state index is -0.107. The summed E-state index contributed by atoms with van der Waals surface area (Å²) >= 11 is 7.23. The number of hydrogen-bond acceptors (Lipinski definition) is 4. The van der Waals surface area contributed by atoms with Gasteiger partial charge in [-0.3, -0.25) is 0 Å². The molecule has 1 rings (SSSR count). The molecular formula is C13H18ClN3OS. The van der Waals surface area contributed by atoms with E-state index in [2.05, 4.69) is 16.9 Å². The highest BCUT2D eigenvalue weighted by Crippen LogP contribution is 2.24. The van der Waals surface area contributed by atoms with Gasteiger partial charge in [0, 0.05) is 10.5 Å². The Hall–Kier alpha value is -1.30. The van der Waals surface area contributed by atoms with Crippen molar-refractivity contribution in [3.63, 3.8) is 0 Å². The van der Waals surface area contributed by atoms with Crippen molar-refractivity contribution in [2.45, 2.75) is 19.4 Å². The van der Waals surface area contributed by atoms with E-state index in [1.807, 2.05) is 24.4 Å². The number of aliphatic hydroxyl groups is 1. The summed E-state index contributed by atoms with van der Waals surface area (Å²) in [5, 5.41) is 14.3. The molecule has 4 N–H and O–H groups in total. The van der Waals surface area contributed by atoms with E-state index < -0.39 is 0 Å². The van der Waals surface area contributed by atoms with Crippen LogP contribution in [0.1, 0.15) is 18.2 Å². The summed E-state index contributed by atoms with van der Waals surface area (Å²) in [6, 6.07) is 3.80. The third kappa shape index (κ3) is 4.70. The Morgan fingerprint density at radius 2 is 2.47 bits per heavy atom. The normalized spacial score (nSPS) is 14.8. The second-order valence-electron chi connectivity index (χ2n) is 3.81. The summed E-state index contributed by atoms with van der Waals surface area (Å²) in [5.74, 6) is 0.519. The second-order valence-corrected chi connectivity index (χ2v) is 5.15. The Morgan fingerprint density at radius 1 is 1.74 bits per heavy atom. The third-order valence-corrected chi connectivity index (χ3v) is 3.51. The quantitative estimate of drug-likeness (QED) is 0.313. The number of aliphatic hydroxyl groups excluding tert-OH is 1. The van der Waals surface area contributed by atoms with Crippen molar-refractivity contribution < 1.29 is 5.11 Å². The molecule has 19 heavy (non-hydrogen) atoms. The molecule has 1 atom stereocenters. The summed E-state index contributed by atoms with van der Waals surface area (Å²) in [4.78, 5) is 5.10. The maximum absolute atomic E-state index is 9.27. The van der Waals surface area contributed by atoms with Crippen molar-refractivity contribution >= 4 is 33.8 Å². The minimum absolute atomic E-state index is 0.00652. The van der Waals surface area contributed by atoms with Gasteiger partial charge in [0.15, 0.2) is 5.29 Å². The average molecular weight is 300 g/mol. The van der Waals surface area contributed by atoms with Gasteiger partial charge in [-0.25, -0.2) is 4.99 Å². The number of amidine groups is 1. The number of thiophene rings is 1. The van der Waals surface area contributed by atoms with Crippen LogP contribution in [0.2, 0.25) is 0 Å². The summed E-state index contributed by atoms with van der Waals surface area (Å²) in [6.07, 6.45) is 2.45. The molecular weight excluding hydrogens is 282 g/mol. The van der Waals surface area contributed by atoms with E-state index in [-0.39, 0.29) is 17.9 Å². The molecule has 0 aliphatic heterocycles. The predicted octanol–water partition coefficient (Wildman–Crippen LogP) is 2.52. The van der Waals surface area contributed by atoms with Crippen LogP contribution >= 0.6 is 22.9 Å². The highest BCUT2D eigenvalue weighted by Gasteiger charge is 2.12. The Bertz CT molecular complexity index is 460. The molecule has 6 heteroatoms. The zero-order valence-electron chi connectivity index (χ0n) is 10.8. The summed E-state index contributed by atoms with van der Waals surface area (Å²) < 4.78 is 0. The number of rotatable bonds is 7. The van der Waals surface area contributed by atoms with E-state index >= 15 is 0 Å². The smallest absolute Gasteiger partial charge is 0.195 e. The maximum atomic E-state index is 9.27. The first-order chi connectivity index (χ1) is 9.12. The van der Waals surface area contributed by atoms with Crippen LogP contribution in [-0.2, 0) is 0 Å². The molecule has 0 spiro atoms. The Balaban J connectivity index is 3.19. The molecule has 104 valence electrons. The van der Waals surface area contributed by atoms with Crippen molar-refractivity contribution in [1.29, 1.82) is 0 Å². The van der Waals surface area contributed by atoms with Crippen molar-refractivity contribution in [1.82, 2.24) is 5.32 Å². The Kier molecular flexibility index (Phi) is 6.62. The van der Waals surface area contributed by atoms with Gasteiger partial charge in [-0.2, -0.15) is 0 Å². The van der Waals surface area contributed by atoms with Gasteiger partial charge in [-0.05, 0) is 29.5 Å². The molecule has 0 saturated heterocycles. The van der Waals surface area contributed by atoms with Crippen LogP contribution in [0.3, 0.4) is 0 Å². The average Bonchev–Trinajstić information content (AvgIpc) is 2.89. The van der Waals surface area contributed by atoms with Crippen molar-refractivity contribution in [2.24, 2.45) is 10.7 Å². The fraction of sp³-hybridized carbons (Fsp3) is 0.308. The van der Waals surface area contributed by atoms with E-state index in [1.165, 1.54) is 0 Å². The van der Waals surface area contributed by atoms with Gasteiger partial charge < -0.3 is 16.2 Å². The van der Waals surface area contributed by atoms with E-state index in [0.717, 1.165) is 16.9 Å². The molecule has 4 nitrogen and oxygen atoms in total. The summed E-state index contributed by atoms with van der Waals surface area (Å²) in [7, 11) is 0. The monoisotopic (exact) mass is 299 g/mol. The fourth-order valence-electron chi connectivity index (χ4n) is 1.49. The lowest BCUT2D eigenvalue weighted by molar-refractivity contribution is 0.246. The lowest BCUT2D eigenvalue weighted by atomic mass is 10.2. The van der Waals surface area contributed by atoms with Gasteiger partial charge in [0.25, 0.3) is 0 Å². The maximum Gasteiger partial charge on any atom is 0.195 e. The molecule has 1 aromatic heterocycles. The first-order valence-electron chi connectivity index (χ1n) is 5.90. The molecule has 0 amide bonds. The summed E-state index contributed by atoms with van der Waals surface area (Å²) in [5.41, 5.74) is 6.26. The number of halogens is 1. The van der Waals surface area contributed by atoms with Crippen LogP contribution in [-0.4, -0.2) is 23.1 Å². The van der Waals surface area contributed by atoms with Gasteiger partial charge in [0.1, 0.15) is 5.82 Å². The number of allylic oxidation sites excluding steroid dienone is 2. The van der Waals surface area contributed by atoms with E-state index in [0.29, 0.717) is 5.82 Å². The number of nitrogens with two attached hydrogens (primary N) is 1. The van der Waals surface area contributed by atoms with Crippen molar-refractivity contribution in [2.75, 3.05) is 6.61 Å². The molecule has 0 aliphatic carbocycles. The highest BCUT2D eigenvalue weighted by atomic mass is 35.5. The van der Waals surface area contributed by atoms with Gasteiger partial charge in [0.2, 0.25) is 0 Å². The second kappa shape index (κ2) is 7.99. The predicted molar refractivity (Wildman–Crippen MR) is 83.2 cm³/mol. The topological polar surface area (TPSA) is 70.6 Å². The molecule has 0 aromatic carbocycles. The Morgan fingerprint density at radius 3 is 2.89 bits per heavy atom. The zero-order valence-corrected chi connectivity index (χ0v) is 12.3. The lowest BCUT2D eigenvalue weighted by Crippen LogP contribution is -2.31. The van der Waals surface area contributed by atoms with Gasteiger partial charge in [0.05, 0.1) is 12.6 Å². The van der Waals surface area contributed by atoms with E-state index in [1.54, 1.807) is 17.4 Å². The van der Waals surface area contributed by atoms with Gasteiger partial charge in [-0.1, -0.05) is 25.6 Å². The van der Waals surface area contributed by atoms with Gasteiger partial charge in [-0.15, -0.1) is 11.3 Å². The van der Waals surface area contributed by atoms with Crippen LogP contribution in [0.25, 0.3) is 5.57 Å². The van der Waals surface area contributed by atoms with Crippen LogP contribution in [0.4, 0.5) is 0 Å². The SMILES string of the molecule is C=C/C(=C(\N=C(N)Cl)N[C@H](CC)CO)c1cccs1. The van der Waals surface area contributed by atoms with Gasteiger partial charge >= 0.3 is 0 Å². The Labute approximate surface area is 122 Å². The van der Waals surface area contributed by atoms with Crippen LogP contribution in [0.15, 0.2) is 41.0 Å². The molecule has 1 heterocycles. The molecule has 1 aromatic rings. The molecule has 0 unspecified atom stereocenters. The third-order valence-electron chi connectivity index (χ3n) is 2.52. The minimum Gasteiger partial charge on any atom is -0.394 e. The lowest BCUT2D eigenvalue weighted by Gasteiger charge is -2.17. The molecule has 0 aliphatic rings. The first-order valence-corrected chi connectivity index (χ1v) is 7.15. The molecule has 0 fully saturated rings. The van der Waals surface area contributed by atoms with Crippen molar-refractivity contribution in [3.05, 3.63) is 40.9 Å². The molecule has 0 saturated carbocycles. The largest absolute Gasteiger partial charge is 0.394 e. The number of nitrogens with one attached hydrogen (secondary N) is 1. The van der Waals surface area contributed by atoms with Crippen LogP contribution in [0.5, 0.6) is 0 Å². The van der Waals surface area contributed by atoms with E-state index in [4.69, 9.17) is 17.3 Å². The fourth-order valence-corrected chi connectivity index (χ4v) is 2.35. The summed E-state index contributed by atoms with van der Waals surface area (Å²) in [6.45, 7) is 5.77. The number of nitrogens with zero attached hydrogens (tertiary/aromatic N) is 1. The standard InChI is InChI=1S/C13H18ClN3OS/c1-3-9(8-18)16-12(17-13(14)15)10(4-2)11-6-5-7-19-11/h4-7,9,16,18H,2-3,8H2,1H3,(H2,15,17)/b12-10+/t9-/m1/s1. The van der Waals surface area contributed by atoms with Crippen LogP contribution in [0, 0.1) is 0 Å². The molecule has 0 bridgehead atoms. The van der Waals surface area contributed by atoms with Crippen LogP contribution < -0.4 is 11.1 Å². The number of hydrogen-bond donors (Lipinski definition) is 3.